The number of carbonyl (C=O) groups is 1. The molecule has 2 heteroatoms. The molecule has 0 saturated heterocycles. The second-order valence-corrected chi connectivity index (χ2v) is 5.99. The van der Waals surface area contributed by atoms with Crippen LogP contribution >= 0.6 is 0 Å². The zero-order chi connectivity index (χ0) is 15.3. The Morgan fingerprint density at radius 1 is 1.00 bits per heavy atom. The van der Waals surface area contributed by atoms with Crippen LogP contribution in [0.4, 0.5) is 0 Å². The van der Waals surface area contributed by atoms with Crippen molar-refractivity contribution in [1.82, 2.24) is 5.32 Å². The summed E-state index contributed by atoms with van der Waals surface area (Å²) in [6.07, 6.45) is 0. The van der Waals surface area contributed by atoms with E-state index in [1.54, 1.807) is 6.92 Å². The fourth-order valence-electron chi connectivity index (χ4n) is 2.45. The molecule has 21 heavy (non-hydrogen) atoms. The molecule has 0 aliphatic rings. The van der Waals surface area contributed by atoms with Gasteiger partial charge in [-0.15, -0.1) is 0 Å². The van der Waals surface area contributed by atoms with Crippen LogP contribution in [0.1, 0.15) is 37.9 Å². The smallest absolute Gasteiger partial charge is 0.137 e. The quantitative estimate of drug-likeness (QED) is 0.862. The topological polar surface area (TPSA) is 29.1 Å². The van der Waals surface area contributed by atoms with E-state index in [1.165, 1.54) is 5.56 Å². The van der Waals surface area contributed by atoms with Gasteiger partial charge in [0, 0.05) is 18.0 Å². The molecular formula is C19H23NO. The van der Waals surface area contributed by atoms with Crippen LogP contribution in [-0.2, 0) is 11.3 Å². The van der Waals surface area contributed by atoms with E-state index >= 15 is 0 Å². The minimum absolute atomic E-state index is 0.00333. The van der Waals surface area contributed by atoms with Gasteiger partial charge in [-0.3, -0.25) is 4.79 Å². The van der Waals surface area contributed by atoms with Crippen molar-refractivity contribution in [2.75, 3.05) is 0 Å². The van der Waals surface area contributed by atoms with Crippen molar-refractivity contribution in [3.05, 3.63) is 71.8 Å². The van der Waals surface area contributed by atoms with Crippen molar-refractivity contribution >= 4 is 5.78 Å². The molecule has 2 rings (SSSR count). The summed E-state index contributed by atoms with van der Waals surface area (Å²) >= 11 is 0. The first-order chi connectivity index (χ1) is 10.0. The maximum absolute atomic E-state index is 12.1. The Bertz CT molecular complexity index is 575. The van der Waals surface area contributed by atoms with E-state index in [0.717, 1.165) is 12.1 Å². The minimum Gasteiger partial charge on any atom is -0.305 e. The third-order valence-electron chi connectivity index (χ3n) is 4.12. The van der Waals surface area contributed by atoms with Crippen molar-refractivity contribution in [3.63, 3.8) is 0 Å². The van der Waals surface area contributed by atoms with E-state index in [4.69, 9.17) is 0 Å². The predicted octanol–water partition coefficient (Wildman–Crippen LogP) is 4.13. The summed E-state index contributed by atoms with van der Waals surface area (Å²) in [5.41, 5.74) is 1.92. The van der Waals surface area contributed by atoms with Gasteiger partial charge in [-0.05, 0) is 18.1 Å². The molecule has 0 aromatic heterocycles. The highest BCUT2D eigenvalue weighted by Gasteiger charge is 2.34. The molecule has 0 radical (unpaired) electrons. The molecular weight excluding hydrogens is 258 g/mol. The van der Waals surface area contributed by atoms with E-state index in [9.17, 15) is 4.79 Å². The van der Waals surface area contributed by atoms with Gasteiger partial charge in [-0.1, -0.05) is 74.5 Å². The molecule has 0 aliphatic carbocycles. The number of hydrogen-bond donors (Lipinski definition) is 1. The molecule has 0 fully saturated rings. The van der Waals surface area contributed by atoms with Gasteiger partial charge >= 0.3 is 0 Å². The van der Waals surface area contributed by atoms with Gasteiger partial charge in [0.05, 0.1) is 0 Å². The van der Waals surface area contributed by atoms with E-state index in [-0.39, 0.29) is 11.8 Å². The van der Waals surface area contributed by atoms with E-state index < -0.39 is 5.41 Å². The Labute approximate surface area is 127 Å². The molecule has 110 valence electrons. The molecule has 0 aliphatic heterocycles. The van der Waals surface area contributed by atoms with Gasteiger partial charge in [0.1, 0.15) is 5.78 Å². The van der Waals surface area contributed by atoms with E-state index in [2.05, 4.69) is 29.6 Å². The number of Topliss-reactive ketones (excluding diaryl/α,β-unsaturated/α-hetero) is 1. The summed E-state index contributed by atoms with van der Waals surface area (Å²) in [5, 5.41) is 3.55. The fraction of sp³-hybridized carbons (Fsp3) is 0.316. The first kappa shape index (κ1) is 15.5. The maximum atomic E-state index is 12.1. The summed E-state index contributed by atoms with van der Waals surface area (Å²) in [5.74, 6) is 0.192. The van der Waals surface area contributed by atoms with Crippen LogP contribution in [0.5, 0.6) is 0 Å². The maximum Gasteiger partial charge on any atom is 0.137 e. The lowest BCUT2D eigenvalue weighted by Crippen LogP contribution is -2.38. The number of benzene rings is 2. The molecule has 0 bridgehead atoms. The highest BCUT2D eigenvalue weighted by atomic mass is 16.1. The second-order valence-electron chi connectivity index (χ2n) is 5.99. The highest BCUT2D eigenvalue weighted by Crippen LogP contribution is 2.34. The van der Waals surface area contributed by atoms with Gasteiger partial charge in [0.15, 0.2) is 0 Å². The number of hydrogen-bond acceptors (Lipinski definition) is 2. The molecule has 2 aromatic rings. The summed E-state index contributed by atoms with van der Waals surface area (Å²) < 4.78 is 0. The lowest BCUT2D eigenvalue weighted by Gasteiger charge is -2.33. The Balaban J connectivity index is 2.23. The van der Waals surface area contributed by atoms with E-state index in [0.29, 0.717) is 0 Å². The normalized spacial score (nSPS) is 12.9. The van der Waals surface area contributed by atoms with Crippen LogP contribution in [0.2, 0.25) is 0 Å². The molecule has 1 atom stereocenters. The van der Waals surface area contributed by atoms with Crippen molar-refractivity contribution in [1.29, 1.82) is 0 Å². The lowest BCUT2D eigenvalue weighted by molar-refractivity contribution is -0.126. The number of carbonyl (C=O) groups excluding carboxylic acids is 1. The van der Waals surface area contributed by atoms with Crippen LogP contribution in [0.15, 0.2) is 60.7 Å². The molecule has 0 amide bonds. The molecule has 2 aromatic carbocycles. The summed E-state index contributed by atoms with van der Waals surface area (Å²) in [4.78, 5) is 12.1. The van der Waals surface area contributed by atoms with Gasteiger partial charge in [0.2, 0.25) is 0 Å². The van der Waals surface area contributed by atoms with Crippen molar-refractivity contribution < 1.29 is 4.79 Å². The van der Waals surface area contributed by atoms with Crippen molar-refractivity contribution in [3.8, 4) is 0 Å². The first-order valence-electron chi connectivity index (χ1n) is 7.35. The molecule has 2 nitrogen and oxygen atoms in total. The van der Waals surface area contributed by atoms with Crippen LogP contribution in [0.25, 0.3) is 0 Å². The number of nitrogens with one attached hydrogen (secondary N) is 1. The summed E-state index contributed by atoms with van der Waals surface area (Å²) in [7, 11) is 0. The average Bonchev–Trinajstić information content (AvgIpc) is 2.49. The van der Waals surface area contributed by atoms with Crippen LogP contribution in [-0.4, -0.2) is 5.78 Å². The molecule has 1 N–H and O–H groups in total. The third kappa shape index (κ3) is 3.79. The van der Waals surface area contributed by atoms with Gasteiger partial charge in [0.25, 0.3) is 0 Å². The van der Waals surface area contributed by atoms with Crippen LogP contribution < -0.4 is 5.32 Å². The van der Waals surface area contributed by atoms with Crippen molar-refractivity contribution in [2.45, 2.75) is 33.4 Å². The Morgan fingerprint density at radius 3 is 2.05 bits per heavy atom. The van der Waals surface area contributed by atoms with Crippen LogP contribution in [0.3, 0.4) is 0 Å². The summed E-state index contributed by atoms with van der Waals surface area (Å²) in [6, 6.07) is 20.4. The standard InChI is InChI=1S/C19H23NO/c1-15(21)19(2,3)18(17-12-8-5-9-13-17)20-14-16-10-6-4-7-11-16/h4-13,18,20H,14H2,1-3H3. The number of rotatable bonds is 6. The molecule has 0 saturated carbocycles. The molecule has 0 heterocycles. The number of ketones is 1. The lowest BCUT2D eigenvalue weighted by atomic mass is 9.77. The van der Waals surface area contributed by atoms with E-state index in [1.807, 2.05) is 50.2 Å². The predicted molar refractivity (Wildman–Crippen MR) is 86.9 cm³/mol. The highest BCUT2D eigenvalue weighted by molar-refractivity contribution is 5.82. The SMILES string of the molecule is CC(=O)C(C)(C)C(NCc1ccccc1)c1ccccc1. The fourth-order valence-corrected chi connectivity index (χ4v) is 2.45. The van der Waals surface area contributed by atoms with Crippen molar-refractivity contribution in [2.24, 2.45) is 5.41 Å². The van der Waals surface area contributed by atoms with Crippen LogP contribution in [0, 0.1) is 5.41 Å². The molecule has 1 unspecified atom stereocenters. The first-order valence-corrected chi connectivity index (χ1v) is 7.35. The molecule has 0 spiro atoms. The Kier molecular flexibility index (Phi) is 4.92. The average molecular weight is 281 g/mol. The monoisotopic (exact) mass is 281 g/mol. The summed E-state index contributed by atoms with van der Waals surface area (Å²) in [6.45, 7) is 6.42. The third-order valence-corrected chi connectivity index (χ3v) is 4.12. The zero-order valence-electron chi connectivity index (χ0n) is 13.0. The Hall–Kier alpha value is -1.93. The van der Waals surface area contributed by atoms with Gasteiger partial charge < -0.3 is 5.32 Å². The minimum atomic E-state index is -0.448. The van der Waals surface area contributed by atoms with Gasteiger partial charge in [-0.25, -0.2) is 0 Å². The Morgan fingerprint density at radius 2 is 1.52 bits per heavy atom. The zero-order valence-corrected chi connectivity index (χ0v) is 13.0. The second kappa shape index (κ2) is 6.68. The largest absolute Gasteiger partial charge is 0.305 e. The van der Waals surface area contributed by atoms with Gasteiger partial charge in [-0.2, -0.15) is 0 Å².